The van der Waals surface area contributed by atoms with Crippen molar-refractivity contribution < 1.29 is 41.6 Å². The van der Waals surface area contributed by atoms with Crippen LogP contribution in [0.25, 0.3) is 0 Å². The first-order valence-corrected chi connectivity index (χ1v) is 10.7. The Labute approximate surface area is 190 Å². The van der Waals surface area contributed by atoms with Crippen LogP contribution in [-0.4, -0.2) is 75.3 Å². The maximum absolute atomic E-state index is 12.5. The first kappa shape index (κ1) is 30.6. The van der Waals surface area contributed by atoms with Crippen molar-refractivity contribution in [2.45, 2.75) is 46.5 Å². The van der Waals surface area contributed by atoms with E-state index in [0.29, 0.717) is 25.7 Å². The summed E-state index contributed by atoms with van der Waals surface area (Å²) in [4.78, 5) is 35.8. The molecule has 0 bridgehead atoms. The molecule has 0 aromatic carbocycles. The number of hydrogen-bond donors (Lipinski definition) is 1. The van der Waals surface area contributed by atoms with E-state index in [4.69, 9.17) is 18.8 Å². The zero-order valence-corrected chi connectivity index (χ0v) is 18.0. The van der Waals surface area contributed by atoms with Crippen LogP contribution >= 0.6 is 0 Å². The molecule has 168 valence electrons. The van der Waals surface area contributed by atoms with Gasteiger partial charge in [0, 0.05) is 11.1 Å². The summed E-state index contributed by atoms with van der Waals surface area (Å²) in [5.41, 5.74) is -1.10. The summed E-state index contributed by atoms with van der Waals surface area (Å²) in [5.74, 6) is -2.39. The van der Waals surface area contributed by atoms with Crippen LogP contribution in [0.2, 0.25) is 0 Å². The van der Waals surface area contributed by atoms with E-state index in [1.165, 1.54) is 20.8 Å². The first-order valence-electron chi connectivity index (χ1n) is 9.06. The van der Waals surface area contributed by atoms with E-state index >= 15 is 0 Å². The van der Waals surface area contributed by atoms with Gasteiger partial charge in [-0.05, 0) is 33.6 Å². The average Bonchev–Trinajstić information content (AvgIpc) is 2.61. The summed E-state index contributed by atoms with van der Waals surface area (Å²) in [6.07, 6.45) is 1.92. The van der Waals surface area contributed by atoms with Gasteiger partial charge in [0.1, 0.15) is 18.6 Å². The standard InChI is InChI=1S/C19H30O9S.Li.H/c1-14(2)16(20)27-12-19(5,13-28-17(21)15(3)4)18(22)26-10-8-6-7-9-11-29(23,24)25;;/h1,3,6-13H2,2,4-5H3,(H,23,24,25);;. The van der Waals surface area contributed by atoms with Crippen molar-refractivity contribution in [3.8, 4) is 0 Å². The fourth-order valence-electron chi connectivity index (χ4n) is 1.93. The van der Waals surface area contributed by atoms with E-state index in [9.17, 15) is 22.8 Å². The molecule has 0 heterocycles. The summed E-state index contributed by atoms with van der Waals surface area (Å²) in [6, 6.07) is 0. The molecule has 9 nitrogen and oxygen atoms in total. The van der Waals surface area contributed by atoms with Crippen LogP contribution in [0.15, 0.2) is 24.3 Å². The van der Waals surface area contributed by atoms with Crippen LogP contribution in [0, 0.1) is 5.41 Å². The molecule has 0 atom stereocenters. The third-order valence-corrected chi connectivity index (χ3v) is 4.57. The topological polar surface area (TPSA) is 133 Å². The predicted octanol–water partition coefficient (Wildman–Crippen LogP) is 1.57. The van der Waals surface area contributed by atoms with Crippen molar-refractivity contribution >= 4 is 46.9 Å². The van der Waals surface area contributed by atoms with Gasteiger partial charge in [-0.25, -0.2) is 9.59 Å². The van der Waals surface area contributed by atoms with Gasteiger partial charge in [-0.1, -0.05) is 26.0 Å². The quantitative estimate of drug-likeness (QED) is 0.106. The van der Waals surface area contributed by atoms with Crippen LogP contribution in [-0.2, 0) is 38.7 Å². The summed E-state index contributed by atoms with van der Waals surface area (Å²) in [6.45, 7) is 10.6. The van der Waals surface area contributed by atoms with Gasteiger partial charge in [0.05, 0.1) is 12.4 Å². The average molecular weight is 442 g/mol. The van der Waals surface area contributed by atoms with E-state index in [1.54, 1.807) is 0 Å². The minimum atomic E-state index is -3.97. The second kappa shape index (κ2) is 14.4. The van der Waals surface area contributed by atoms with Gasteiger partial charge in [0.15, 0.2) is 0 Å². The molecular weight excluding hydrogens is 411 g/mol. The molecule has 0 rings (SSSR count). The Bertz CT molecular complexity index is 698. The van der Waals surface area contributed by atoms with Crippen LogP contribution in [0.3, 0.4) is 0 Å². The van der Waals surface area contributed by atoms with Gasteiger partial charge in [-0.3, -0.25) is 9.35 Å². The van der Waals surface area contributed by atoms with Crippen LogP contribution < -0.4 is 0 Å². The molecule has 0 spiro atoms. The molecule has 0 saturated heterocycles. The van der Waals surface area contributed by atoms with Gasteiger partial charge in [-0.15, -0.1) is 0 Å². The van der Waals surface area contributed by atoms with Crippen LogP contribution in [0.5, 0.6) is 0 Å². The molecule has 0 aliphatic rings. The van der Waals surface area contributed by atoms with E-state index in [1.807, 2.05) is 0 Å². The van der Waals surface area contributed by atoms with Gasteiger partial charge < -0.3 is 14.2 Å². The minimum absolute atomic E-state index is 0. The zero-order chi connectivity index (χ0) is 22.7. The molecule has 0 fully saturated rings. The molecule has 0 radical (unpaired) electrons. The number of ether oxygens (including phenoxy) is 3. The van der Waals surface area contributed by atoms with Crippen molar-refractivity contribution in [3.63, 3.8) is 0 Å². The summed E-state index contributed by atoms with van der Waals surface area (Å²) in [5, 5.41) is 0. The number of unbranched alkanes of at least 4 members (excludes halogenated alkanes) is 3. The molecule has 30 heavy (non-hydrogen) atoms. The Morgan fingerprint density at radius 1 is 0.867 bits per heavy atom. The van der Waals surface area contributed by atoms with Gasteiger partial charge >= 0.3 is 36.8 Å². The normalized spacial score (nSPS) is 11.1. The number of esters is 3. The Kier molecular flexibility index (Phi) is 14.7. The summed E-state index contributed by atoms with van der Waals surface area (Å²) in [7, 11) is -3.97. The second-order valence-corrected chi connectivity index (χ2v) is 8.68. The number of hydrogen-bond acceptors (Lipinski definition) is 8. The van der Waals surface area contributed by atoms with E-state index in [0.717, 1.165) is 0 Å². The van der Waals surface area contributed by atoms with Crippen LogP contribution in [0.1, 0.15) is 46.5 Å². The maximum atomic E-state index is 12.5. The third-order valence-electron chi connectivity index (χ3n) is 3.76. The molecule has 1 N–H and O–H groups in total. The third kappa shape index (κ3) is 13.6. The fraction of sp³-hybridized carbons (Fsp3) is 0.632. The van der Waals surface area contributed by atoms with Crippen molar-refractivity contribution in [1.82, 2.24) is 0 Å². The molecule has 0 aromatic rings. The Morgan fingerprint density at radius 2 is 1.30 bits per heavy atom. The van der Waals surface area contributed by atoms with E-state index in [-0.39, 0.29) is 55.6 Å². The first-order chi connectivity index (χ1) is 13.3. The Morgan fingerprint density at radius 3 is 1.70 bits per heavy atom. The van der Waals surface area contributed by atoms with Crippen molar-refractivity contribution in [1.29, 1.82) is 0 Å². The monoisotopic (exact) mass is 442 g/mol. The molecular formula is C19H31LiO9S. The van der Waals surface area contributed by atoms with Crippen molar-refractivity contribution in [2.75, 3.05) is 25.6 Å². The van der Waals surface area contributed by atoms with Crippen molar-refractivity contribution in [3.05, 3.63) is 24.3 Å². The number of rotatable bonds is 14. The van der Waals surface area contributed by atoms with Gasteiger partial charge in [0.2, 0.25) is 0 Å². The summed E-state index contributed by atoms with van der Waals surface area (Å²) < 4.78 is 45.2. The van der Waals surface area contributed by atoms with Crippen molar-refractivity contribution in [2.24, 2.45) is 5.41 Å². The SMILES string of the molecule is C=C(C)C(=O)OCC(C)(COC(=O)C(=C)C)C(=O)OCCCCCCS(=O)(=O)O.[LiH]. The molecule has 0 aliphatic heterocycles. The van der Waals surface area contributed by atoms with Gasteiger partial charge in [0.25, 0.3) is 10.1 Å². The molecule has 0 amide bonds. The fourth-order valence-corrected chi connectivity index (χ4v) is 2.50. The van der Waals surface area contributed by atoms with E-state index in [2.05, 4.69) is 13.2 Å². The Hall–Kier alpha value is -1.60. The predicted molar refractivity (Wildman–Crippen MR) is 113 cm³/mol. The van der Waals surface area contributed by atoms with Crippen LogP contribution in [0.4, 0.5) is 0 Å². The second-order valence-electron chi connectivity index (χ2n) is 7.11. The molecule has 11 heteroatoms. The van der Waals surface area contributed by atoms with E-state index < -0.39 is 33.4 Å². The van der Waals surface area contributed by atoms with Gasteiger partial charge in [-0.2, -0.15) is 8.42 Å². The number of carbonyl (C=O) groups excluding carboxylic acids is 3. The molecule has 0 unspecified atom stereocenters. The number of carbonyl (C=O) groups is 3. The zero-order valence-electron chi connectivity index (χ0n) is 17.2. The Balaban J connectivity index is 0. The molecule has 0 saturated carbocycles. The molecule has 0 aromatic heterocycles. The summed E-state index contributed by atoms with van der Waals surface area (Å²) >= 11 is 0. The molecule has 0 aliphatic carbocycles.